The van der Waals surface area contributed by atoms with Crippen LogP contribution >= 0.6 is 11.3 Å². The summed E-state index contributed by atoms with van der Waals surface area (Å²) in [5, 5.41) is 4.38. The minimum Gasteiger partial charge on any atom is -0.495 e. The topological polar surface area (TPSA) is 88.6 Å². The van der Waals surface area contributed by atoms with Gasteiger partial charge in [-0.05, 0) is 29.8 Å². The zero-order chi connectivity index (χ0) is 22.8. The Balaban J connectivity index is 1.77. The quantitative estimate of drug-likeness (QED) is 0.574. The van der Waals surface area contributed by atoms with Crippen molar-refractivity contribution in [1.29, 1.82) is 0 Å². The SMILES string of the molecule is COc1ccc(CC(=O)Nc2nc(-c3ccc(F)cc3F)cs2)cc1S(=O)(=O)N(C)C. The van der Waals surface area contributed by atoms with Crippen LogP contribution in [-0.2, 0) is 21.2 Å². The summed E-state index contributed by atoms with van der Waals surface area (Å²) in [6.07, 6.45) is -0.111. The fourth-order valence-electron chi connectivity index (χ4n) is 2.73. The van der Waals surface area contributed by atoms with Crippen LogP contribution < -0.4 is 10.1 Å². The molecule has 0 fully saturated rings. The highest BCUT2D eigenvalue weighted by atomic mass is 32.2. The van der Waals surface area contributed by atoms with Gasteiger partial charge in [0.2, 0.25) is 15.9 Å². The predicted molar refractivity (Wildman–Crippen MR) is 114 cm³/mol. The highest BCUT2D eigenvalue weighted by Crippen LogP contribution is 2.29. The van der Waals surface area contributed by atoms with E-state index in [2.05, 4.69) is 10.3 Å². The number of nitrogens with one attached hydrogen (secondary N) is 1. The second kappa shape index (κ2) is 9.08. The van der Waals surface area contributed by atoms with E-state index in [1.807, 2.05) is 0 Å². The maximum atomic E-state index is 13.9. The summed E-state index contributed by atoms with van der Waals surface area (Å²) >= 11 is 1.09. The maximum Gasteiger partial charge on any atom is 0.246 e. The van der Waals surface area contributed by atoms with Gasteiger partial charge in [-0.1, -0.05) is 6.07 Å². The van der Waals surface area contributed by atoms with Crippen LogP contribution in [0.4, 0.5) is 13.9 Å². The first-order valence-corrected chi connectivity index (χ1v) is 11.2. The van der Waals surface area contributed by atoms with Gasteiger partial charge in [-0.25, -0.2) is 26.5 Å². The molecule has 164 valence electrons. The lowest BCUT2D eigenvalue weighted by molar-refractivity contribution is -0.115. The van der Waals surface area contributed by atoms with Gasteiger partial charge < -0.3 is 10.1 Å². The summed E-state index contributed by atoms with van der Waals surface area (Å²) in [4.78, 5) is 16.5. The number of anilines is 1. The number of carbonyl (C=O) groups excluding carboxylic acids is 1. The Labute approximate surface area is 182 Å². The number of nitrogens with zero attached hydrogens (tertiary/aromatic N) is 2. The van der Waals surface area contributed by atoms with Gasteiger partial charge in [0.05, 0.1) is 19.2 Å². The number of thiazole rings is 1. The molecule has 1 N–H and O–H groups in total. The molecule has 3 rings (SSSR count). The highest BCUT2D eigenvalue weighted by molar-refractivity contribution is 7.89. The van der Waals surface area contributed by atoms with E-state index in [1.54, 1.807) is 11.4 Å². The van der Waals surface area contributed by atoms with E-state index in [-0.39, 0.29) is 33.5 Å². The van der Waals surface area contributed by atoms with E-state index in [4.69, 9.17) is 4.74 Å². The molecule has 0 atom stereocenters. The first kappa shape index (κ1) is 22.8. The van der Waals surface area contributed by atoms with Crippen LogP contribution in [0.2, 0.25) is 0 Å². The molecule has 0 saturated heterocycles. The van der Waals surface area contributed by atoms with E-state index in [1.165, 1.54) is 39.4 Å². The number of benzene rings is 2. The van der Waals surface area contributed by atoms with Gasteiger partial charge in [-0.3, -0.25) is 4.79 Å². The van der Waals surface area contributed by atoms with Gasteiger partial charge in [0, 0.05) is 31.1 Å². The van der Waals surface area contributed by atoms with Gasteiger partial charge in [0.15, 0.2) is 5.13 Å². The minimum absolute atomic E-state index is 0.0476. The molecule has 1 heterocycles. The third-order valence-electron chi connectivity index (χ3n) is 4.31. The average Bonchev–Trinajstić information content (AvgIpc) is 3.15. The highest BCUT2D eigenvalue weighted by Gasteiger charge is 2.23. The van der Waals surface area contributed by atoms with Gasteiger partial charge in [-0.2, -0.15) is 0 Å². The van der Waals surface area contributed by atoms with E-state index in [9.17, 15) is 22.0 Å². The lowest BCUT2D eigenvalue weighted by atomic mass is 10.1. The molecule has 1 amide bonds. The van der Waals surface area contributed by atoms with Crippen LogP contribution in [0.1, 0.15) is 5.56 Å². The molecule has 0 aliphatic carbocycles. The van der Waals surface area contributed by atoms with Crippen molar-refractivity contribution in [1.82, 2.24) is 9.29 Å². The number of carbonyl (C=O) groups is 1. The third kappa shape index (κ3) is 5.06. The van der Waals surface area contributed by atoms with Gasteiger partial charge in [-0.15, -0.1) is 11.3 Å². The molecule has 7 nitrogen and oxygen atoms in total. The van der Waals surface area contributed by atoms with E-state index in [0.717, 1.165) is 27.8 Å². The Bertz CT molecular complexity index is 1230. The first-order chi connectivity index (χ1) is 14.6. The van der Waals surface area contributed by atoms with Crippen molar-refractivity contribution in [3.05, 3.63) is 59.0 Å². The average molecular weight is 468 g/mol. The minimum atomic E-state index is -3.77. The monoisotopic (exact) mass is 467 g/mol. The number of sulfonamides is 1. The van der Waals surface area contributed by atoms with Crippen LogP contribution in [0.25, 0.3) is 11.3 Å². The van der Waals surface area contributed by atoms with Crippen LogP contribution in [0, 0.1) is 11.6 Å². The molecule has 0 bridgehead atoms. The molecule has 0 spiro atoms. The lowest BCUT2D eigenvalue weighted by Crippen LogP contribution is -2.23. The normalized spacial score (nSPS) is 11.5. The van der Waals surface area contributed by atoms with Crippen molar-refractivity contribution in [2.45, 2.75) is 11.3 Å². The molecule has 31 heavy (non-hydrogen) atoms. The van der Waals surface area contributed by atoms with Crippen LogP contribution in [0.3, 0.4) is 0 Å². The number of hydrogen-bond donors (Lipinski definition) is 1. The number of aromatic nitrogens is 1. The number of amides is 1. The van der Waals surface area contributed by atoms with Crippen molar-refractivity contribution in [2.24, 2.45) is 0 Å². The summed E-state index contributed by atoms with van der Waals surface area (Å²) in [7, 11) is 0.396. The zero-order valence-electron chi connectivity index (χ0n) is 16.8. The second-order valence-corrected chi connectivity index (χ2v) is 9.64. The number of rotatable bonds is 7. The second-order valence-electron chi connectivity index (χ2n) is 6.66. The van der Waals surface area contributed by atoms with Gasteiger partial charge in [0.1, 0.15) is 22.3 Å². The Morgan fingerprint density at radius 3 is 2.58 bits per heavy atom. The van der Waals surface area contributed by atoms with Crippen molar-refractivity contribution in [3.63, 3.8) is 0 Å². The van der Waals surface area contributed by atoms with E-state index >= 15 is 0 Å². The van der Waals surface area contributed by atoms with E-state index in [0.29, 0.717) is 5.56 Å². The Hall–Kier alpha value is -2.89. The number of hydrogen-bond acceptors (Lipinski definition) is 6. The summed E-state index contributed by atoms with van der Waals surface area (Å²) < 4.78 is 58.2. The Morgan fingerprint density at radius 2 is 1.94 bits per heavy atom. The maximum absolute atomic E-state index is 13.9. The van der Waals surface area contributed by atoms with E-state index < -0.39 is 27.6 Å². The number of halogens is 2. The molecule has 0 radical (unpaired) electrons. The molecular weight excluding hydrogens is 448 g/mol. The Kier molecular flexibility index (Phi) is 6.68. The van der Waals surface area contributed by atoms with Crippen molar-refractivity contribution in [3.8, 4) is 17.0 Å². The smallest absolute Gasteiger partial charge is 0.246 e. The molecule has 0 aliphatic heterocycles. The molecule has 0 saturated carbocycles. The summed E-state index contributed by atoms with van der Waals surface area (Å²) in [5.41, 5.74) is 0.841. The fraction of sp³-hybridized carbons (Fsp3) is 0.200. The summed E-state index contributed by atoms with van der Waals surface area (Å²) in [5.74, 6) is -1.71. The molecular formula is C20H19F2N3O4S2. The van der Waals surface area contributed by atoms with Gasteiger partial charge in [0.25, 0.3) is 0 Å². The summed E-state index contributed by atoms with van der Waals surface area (Å²) in [6, 6.07) is 7.62. The largest absolute Gasteiger partial charge is 0.495 e. The lowest BCUT2D eigenvalue weighted by Gasteiger charge is -2.15. The predicted octanol–water partition coefficient (Wildman–Crippen LogP) is 3.53. The molecule has 3 aromatic rings. The van der Waals surface area contributed by atoms with Gasteiger partial charge >= 0.3 is 0 Å². The summed E-state index contributed by atoms with van der Waals surface area (Å²) in [6.45, 7) is 0. The molecule has 11 heteroatoms. The van der Waals surface area contributed by atoms with Crippen LogP contribution in [0.5, 0.6) is 5.75 Å². The fourth-order valence-corrected chi connectivity index (χ4v) is 4.56. The standard InChI is InChI=1S/C20H19F2N3O4S2/c1-25(2)31(27,28)18-8-12(4-7-17(18)29-3)9-19(26)24-20-23-16(11-30-20)14-6-5-13(21)10-15(14)22/h4-8,10-11H,9H2,1-3H3,(H,23,24,26). The van der Waals surface area contributed by atoms with Crippen LogP contribution in [0.15, 0.2) is 46.7 Å². The molecule has 0 unspecified atom stereocenters. The number of methoxy groups -OCH3 is 1. The Morgan fingerprint density at radius 1 is 1.19 bits per heavy atom. The molecule has 0 aliphatic rings. The number of ether oxygens (including phenoxy) is 1. The first-order valence-electron chi connectivity index (χ1n) is 8.92. The van der Waals surface area contributed by atoms with Crippen LogP contribution in [-0.4, -0.2) is 44.8 Å². The van der Waals surface area contributed by atoms with Crippen molar-refractivity contribution < 1.29 is 26.7 Å². The molecule has 2 aromatic carbocycles. The third-order valence-corrected chi connectivity index (χ3v) is 6.90. The molecule has 1 aromatic heterocycles. The zero-order valence-corrected chi connectivity index (χ0v) is 18.5. The van der Waals surface area contributed by atoms with Crippen molar-refractivity contribution in [2.75, 3.05) is 26.5 Å². The van der Waals surface area contributed by atoms with Crippen molar-refractivity contribution >= 4 is 32.4 Å².